The van der Waals surface area contributed by atoms with Crippen LogP contribution in [0.1, 0.15) is 49.5 Å². The van der Waals surface area contributed by atoms with E-state index in [4.69, 9.17) is 9.72 Å². The first kappa shape index (κ1) is 15.4. The highest BCUT2D eigenvalue weighted by atomic mass is 32.1. The molecule has 5 heteroatoms. The Hall–Kier alpha value is -0.940. The fraction of sp³-hybridized carbons (Fsp3) is 0.733. The van der Waals surface area contributed by atoms with Crippen LogP contribution in [0.15, 0.2) is 0 Å². The maximum atomic E-state index is 11.3. The zero-order valence-electron chi connectivity index (χ0n) is 13.0. The van der Waals surface area contributed by atoms with E-state index in [9.17, 15) is 4.79 Å². The molecule has 4 nitrogen and oxygen atoms in total. The number of aromatic nitrogens is 1. The molecule has 0 aromatic carbocycles. The molecule has 0 radical (unpaired) electrons. The van der Waals surface area contributed by atoms with Crippen molar-refractivity contribution >= 4 is 22.8 Å². The lowest BCUT2D eigenvalue weighted by Crippen LogP contribution is -2.43. The summed E-state index contributed by atoms with van der Waals surface area (Å²) >= 11 is 1.50. The predicted octanol–water partition coefficient (Wildman–Crippen LogP) is 3.11. The smallest absolute Gasteiger partial charge is 0.186 e. The molecule has 0 N–H and O–H groups in total. The third kappa shape index (κ3) is 3.04. The number of methoxy groups -OCH3 is 1. The lowest BCUT2D eigenvalue weighted by Gasteiger charge is -2.36. The van der Waals surface area contributed by atoms with Crippen molar-refractivity contribution in [1.82, 2.24) is 4.98 Å². The van der Waals surface area contributed by atoms with Crippen molar-refractivity contribution in [3.05, 3.63) is 10.6 Å². The van der Waals surface area contributed by atoms with Gasteiger partial charge in [0.05, 0.1) is 16.7 Å². The van der Waals surface area contributed by atoms with E-state index in [-0.39, 0.29) is 11.5 Å². The number of ether oxygens (including phenoxy) is 1. The van der Waals surface area contributed by atoms with Gasteiger partial charge < -0.3 is 9.64 Å². The highest BCUT2D eigenvalue weighted by Gasteiger charge is 2.30. The zero-order chi connectivity index (χ0) is 14.9. The number of carbonyl (C=O) groups excluding carboxylic acids is 1. The molecule has 1 aliphatic heterocycles. The number of anilines is 1. The quantitative estimate of drug-likeness (QED) is 0.804. The van der Waals surface area contributed by atoms with Gasteiger partial charge in [0.15, 0.2) is 11.4 Å². The number of thiazole rings is 1. The third-order valence-electron chi connectivity index (χ3n) is 3.92. The summed E-state index contributed by atoms with van der Waals surface area (Å²) in [6.07, 6.45) is 2.27. The van der Waals surface area contributed by atoms with Gasteiger partial charge >= 0.3 is 0 Å². The fourth-order valence-electron chi connectivity index (χ4n) is 2.59. The number of aldehydes is 1. The number of nitrogens with zero attached hydrogens (tertiary/aromatic N) is 2. The summed E-state index contributed by atoms with van der Waals surface area (Å²) in [7, 11) is 1.77. The minimum atomic E-state index is -0.102. The highest BCUT2D eigenvalue weighted by Crippen LogP contribution is 2.34. The van der Waals surface area contributed by atoms with Gasteiger partial charge in [-0.2, -0.15) is 0 Å². The topological polar surface area (TPSA) is 42.4 Å². The summed E-state index contributed by atoms with van der Waals surface area (Å²) in [6, 6.07) is 0. The molecule has 1 fully saturated rings. The Morgan fingerprint density at radius 2 is 2.15 bits per heavy atom. The van der Waals surface area contributed by atoms with E-state index in [0.717, 1.165) is 41.5 Å². The largest absolute Gasteiger partial charge is 0.379 e. The Kier molecular flexibility index (Phi) is 4.49. The summed E-state index contributed by atoms with van der Waals surface area (Å²) in [6.45, 7) is 10.3. The van der Waals surface area contributed by atoms with Crippen molar-refractivity contribution in [2.75, 3.05) is 25.1 Å². The molecule has 0 bridgehead atoms. The zero-order valence-corrected chi connectivity index (χ0v) is 13.8. The number of hydrogen-bond donors (Lipinski definition) is 0. The molecule has 112 valence electrons. The minimum absolute atomic E-state index is 0.102. The average molecular weight is 296 g/mol. The molecule has 0 spiro atoms. The second kappa shape index (κ2) is 5.82. The van der Waals surface area contributed by atoms with Crippen molar-refractivity contribution in [3.8, 4) is 0 Å². The SMILES string of the molecule is COC1CN(c2nc(C(C)(C)C)c(C=O)s2)CCC1C. The molecule has 1 saturated heterocycles. The van der Waals surface area contributed by atoms with Crippen LogP contribution in [-0.4, -0.2) is 37.6 Å². The Morgan fingerprint density at radius 3 is 2.65 bits per heavy atom. The van der Waals surface area contributed by atoms with Crippen molar-refractivity contribution in [3.63, 3.8) is 0 Å². The van der Waals surface area contributed by atoms with Crippen LogP contribution in [0.4, 0.5) is 5.13 Å². The standard InChI is InChI=1S/C15H24N2O2S/c1-10-6-7-17(8-11(10)19-5)14-16-13(15(2,3)4)12(9-18)20-14/h9-11H,6-8H2,1-5H3. The first-order valence-corrected chi connectivity index (χ1v) is 7.92. The van der Waals surface area contributed by atoms with Crippen molar-refractivity contribution < 1.29 is 9.53 Å². The minimum Gasteiger partial charge on any atom is -0.379 e. The van der Waals surface area contributed by atoms with E-state index in [1.165, 1.54) is 11.3 Å². The number of carbonyl (C=O) groups is 1. The van der Waals surface area contributed by atoms with E-state index in [0.29, 0.717) is 5.92 Å². The van der Waals surface area contributed by atoms with Gasteiger partial charge in [0.25, 0.3) is 0 Å². The van der Waals surface area contributed by atoms with E-state index in [2.05, 4.69) is 32.6 Å². The molecular formula is C15H24N2O2S. The third-order valence-corrected chi connectivity index (χ3v) is 4.96. The molecule has 2 atom stereocenters. The van der Waals surface area contributed by atoms with Gasteiger partial charge in [-0.25, -0.2) is 4.98 Å². The van der Waals surface area contributed by atoms with Gasteiger partial charge in [0.2, 0.25) is 0 Å². The molecule has 1 aromatic rings. The van der Waals surface area contributed by atoms with E-state index < -0.39 is 0 Å². The molecule has 0 aliphatic carbocycles. The van der Waals surface area contributed by atoms with Gasteiger partial charge in [-0.1, -0.05) is 39.0 Å². The van der Waals surface area contributed by atoms with Crippen LogP contribution >= 0.6 is 11.3 Å². The van der Waals surface area contributed by atoms with E-state index in [1.54, 1.807) is 7.11 Å². The lowest BCUT2D eigenvalue weighted by atomic mass is 9.91. The lowest BCUT2D eigenvalue weighted by molar-refractivity contribution is 0.0498. The average Bonchev–Trinajstić information content (AvgIpc) is 2.83. The van der Waals surface area contributed by atoms with Crippen LogP contribution in [0.25, 0.3) is 0 Å². The Bertz CT molecular complexity index is 479. The number of hydrogen-bond acceptors (Lipinski definition) is 5. The van der Waals surface area contributed by atoms with E-state index in [1.807, 2.05) is 0 Å². The van der Waals surface area contributed by atoms with Gasteiger partial charge in [0, 0.05) is 25.6 Å². The monoisotopic (exact) mass is 296 g/mol. The van der Waals surface area contributed by atoms with Gasteiger partial charge in [-0.3, -0.25) is 4.79 Å². The van der Waals surface area contributed by atoms with E-state index >= 15 is 0 Å². The maximum Gasteiger partial charge on any atom is 0.186 e. The van der Waals surface area contributed by atoms with Gasteiger partial charge in [-0.15, -0.1) is 0 Å². The van der Waals surface area contributed by atoms with Crippen LogP contribution in [0.3, 0.4) is 0 Å². The van der Waals surface area contributed by atoms with Crippen molar-refractivity contribution in [2.24, 2.45) is 5.92 Å². The Labute approximate surface area is 125 Å². The maximum absolute atomic E-state index is 11.3. The molecule has 1 aliphatic rings. The molecule has 0 amide bonds. The molecule has 1 aromatic heterocycles. The summed E-state index contributed by atoms with van der Waals surface area (Å²) in [5.41, 5.74) is 0.800. The Morgan fingerprint density at radius 1 is 1.45 bits per heavy atom. The molecule has 0 saturated carbocycles. The second-order valence-corrected chi connectivity index (χ2v) is 7.57. The molecule has 2 heterocycles. The first-order valence-electron chi connectivity index (χ1n) is 7.11. The molecule has 2 unspecified atom stereocenters. The number of piperidine rings is 1. The summed E-state index contributed by atoms with van der Waals surface area (Å²) in [5.74, 6) is 0.573. The summed E-state index contributed by atoms with van der Waals surface area (Å²) in [5, 5.41) is 0.950. The summed E-state index contributed by atoms with van der Waals surface area (Å²) in [4.78, 5) is 19.0. The van der Waals surface area contributed by atoms with Gasteiger partial charge in [0.1, 0.15) is 0 Å². The normalized spacial score (nSPS) is 23.9. The van der Waals surface area contributed by atoms with Crippen molar-refractivity contribution in [1.29, 1.82) is 0 Å². The van der Waals surface area contributed by atoms with Crippen LogP contribution < -0.4 is 4.90 Å². The van der Waals surface area contributed by atoms with Gasteiger partial charge in [-0.05, 0) is 12.3 Å². The van der Waals surface area contributed by atoms with Crippen LogP contribution in [0, 0.1) is 5.92 Å². The van der Waals surface area contributed by atoms with Crippen LogP contribution in [0.5, 0.6) is 0 Å². The fourth-order valence-corrected chi connectivity index (χ4v) is 3.71. The predicted molar refractivity (Wildman–Crippen MR) is 83.0 cm³/mol. The van der Waals surface area contributed by atoms with Crippen LogP contribution in [0.2, 0.25) is 0 Å². The summed E-state index contributed by atoms with van der Waals surface area (Å²) < 4.78 is 5.55. The second-order valence-electron chi connectivity index (χ2n) is 6.56. The molecular weight excluding hydrogens is 272 g/mol. The van der Waals surface area contributed by atoms with Crippen molar-refractivity contribution in [2.45, 2.75) is 45.6 Å². The van der Waals surface area contributed by atoms with Crippen LogP contribution in [-0.2, 0) is 10.2 Å². The number of rotatable bonds is 3. The molecule has 20 heavy (non-hydrogen) atoms. The Balaban J connectivity index is 2.25. The molecule has 2 rings (SSSR count). The first-order chi connectivity index (χ1) is 9.36. The highest BCUT2D eigenvalue weighted by molar-refractivity contribution is 7.17.